The number of nitrogens with zero attached hydrogens (tertiary/aromatic N) is 6. The lowest BCUT2D eigenvalue weighted by molar-refractivity contribution is -0.433. The summed E-state index contributed by atoms with van der Waals surface area (Å²) in [5, 5.41) is 137. The van der Waals surface area contributed by atoms with Crippen molar-refractivity contribution in [3.8, 4) is 32.6 Å². The van der Waals surface area contributed by atoms with Crippen LogP contribution in [0.5, 0.6) is 11.5 Å². The van der Waals surface area contributed by atoms with Crippen LogP contribution in [0, 0.1) is 5.92 Å². The molecule has 9 rings (SSSR count). The highest BCUT2D eigenvalue weighted by Gasteiger charge is 2.50. The van der Waals surface area contributed by atoms with Crippen LogP contribution in [-0.2, 0) is 54.0 Å². The van der Waals surface area contributed by atoms with Gasteiger partial charge in [-0.1, -0.05) is 58.7 Å². The number of unbranched alkanes of at least 4 members (excludes halogenated alkanes) is 3. The molecule has 3 aromatic carbocycles. The highest BCUT2D eigenvalue weighted by Crippen LogP contribution is 2.35. The Bertz CT molecular complexity index is 3520. The molecule has 0 spiro atoms. The summed E-state index contributed by atoms with van der Waals surface area (Å²) in [5.74, 6) is -9.61. The third-order valence-corrected chi connectivity index (χ3v) is 21.5. The van der Waals surface area contributed by atoms with Crippen molar-refractivity contribution in [1.29, 1.82) is 0 Å². The molecule has 34 nitrogen and oxygen atoms in total. The summed E-state index contributed by atoms with van der Waals surface area (Å²) < 4.78 is 20.8. The molecule has 4 aromatic rings. The first-order chi connectivity index (χ1) is 51.0. The molecule has 5 heterocycles. The summed E-state index contributed by atoms with van der Waals surface area (Å²) in [6.07, 6.45) is -3.33. The van der Waals surface area contributed by atoms with Crippen molar-refractivity contribution < 1.29 is 108 Å². The Morgan fingerprint density at radius 1 is 0.726 bits per heavy atom. The number of carbonyl (C=O) groups excluding carboxylic acids is 7. The molecule has 0 bridgehead atoms. The molecular formula is C70H100N12O22S2. The number of anilines is 1. The van der Waals surface area contributed by atoms with E-state index in [4.69, 9.17) is 18.9 Å². The number of ether oxygens (including phenoxy) is 2. The van der Waals surface area contributed by atoms with E-state index in [2.05, 4.69) is 73.4 Å². The number of rotatable bonds is 29. The van der Waals surface area contributed by atoms with Gasteiger partial charge in [-0.05, 0) is 113 Å². The summed E-state index contributed by atoms with van der Waals surface area (Å²) in [6.45, 7) is 5.11. The van der Waals surface area contributed by atoms with Crippen molar-refractivity contribution in [2.45, 2.75) is 182 Å². The quantitative estimate of drug-likeness (QED) is 0.0132. The lowest BCUT2D eigenvalue weighted by Crippen LogP contribution is -2.64. The van der Waals surface area contributed by atoms with Crippen molar-refractivity contribution in [3.63, 3.8) is 0 Å². The number of amides is 7. The number of methoxy groups -OCH3 is 1. The third kappa shape index (κ3) is 22.2. The van der Waals surface area contributed by atoms with E-state index >= 15 is 4.79 Å². The number of aliphatic hydroxyl groups excluding tert-OH is 8. The van der Waals surface area contributed by atoms with Gasteiger partial charge in [0.25, 0.3) is 18.2 Å². The van der Waals surface area contributed by atoms with Crippen LogP contribution in [-0.4, -0.2) is 294 Å². The van der Waals surface area contributed by atoms with Gasteiger partial charge in [-0.15, -0.1) is 10.2 Å². The third-order valence-electron chi connectivity index (χ3n) is 20.1. The Kier molecular flexibility index (Phi) is 31.4. The molecule has 7 amide bonds. The summed E-state index contributed by atoms with van der Waals surface area (Å²) in [7, 11) is 1.74. The second-order valence-electron chi connectivity index (χ2n) is 27.7. The molecule has 4 saturated heterocycles. The van der Waals surface area contributed by atoms with Gasteiger partial charge < -0.3 is 106 Å². The van der Waals surface area contributed by atoms with Gasteiger partial charge in [-0.2, -0.15) is 0 Å². The predicted molar refractivity (Wildman–Crippen MR) is 383 cm³/mol. The Labute approximate surface area is 621 Å². The number of β-amino-alcohol motifs (C(OH)–C–C–N with tert-alkyl or cyclic N) is 1. The molecule has 13 atom stereocenters. The first kappa shape index (κ1) is 82.7. The smallest absolute Gasteiger partial charge is 0.261 e. The summed E-state index contributed by atoms with van der Waals surface area (Å²) >= 11 is 1.40. The van der Waals surface area contributed by atoms with Crippen LogP contribution in [0.15, 0.2) is 66.7 Å². The zero-order valence-electron chi connectivity index (χ0n) is 59.4. The predicted octanol–water partition coefficient (Wildman–Crippen LogP) is -1.12. The number of aromatic hydroxyl groups is 1. The first-order valence-electron chi connectivity index (χ1n) is 35.9. The van der Waals surface area contributed by atoms with Crippen LogP contribution in [0.1, 0.15) is 100 Å². The van der Waals surface area contributed by atoms with E-state index in [9.17, 15) is 74.7 Å². The second kappa shape index (κ2) is 40.2. The fourth-order valence-electron chi connectivity index (χ4n) is 14.0. The molecular weight excluding hydrogens is 1420 g/mol. The number of fused-ring (bicyclic) bond motifs is 2. The van der Waals surface area contributed by atoms with Crippen LogP contribution < -0.4 is 41.0 Å². The fraction of sp³-hybridized carbons (Fsp3) is 0.614. The molecule has 1 aliphatic carbocycles. The average Bonchev–Trinajstić information content (AvgIpc) is 1.68. The standard InChI is InChI=1S/C70H100N12O22S2/c1-39-35-82-60(61(39)91)66(96)72-34-48(86)32-51(73-62(92)42-9-11-43(12-10-42)67-77-78-68(105-67)44-13-15-46(16-14-44)79-24-26-80(27-25-79)47-17-19-50(20-18-47)101-29-7-5-4-6-28-100-3)63(93)74-57(40(2)85)69(97)81-36-49(87)33-52(81)64(94)75-58(55(90)30-41-8-21-53(88)56(31-41)102-106-104-103-99)65(95)76-59(70(82)98)54(89)22-23-71-45(37-83)38-84/h8-16,21,31,39-40,45,47-52,54-55,57-61,71,83-91,99H,4-7,17-20,22-30,32-38H2,1-3H3,(H,72,96)(H,73,92)(H,74,93)(H,75,94)(H,76,95)/t39-,40+,47?,48+,49+,50?,51-,52-,54+,55+,57-,58-,59-,60-,61-/m0/s1. The Balaban J connectivity index is 0.908. The van der Waals surface area contributed by atoms with Crippen molar-refractivity contribution in [3.05, 3.63) is 77.9 Å². The van der Waals surface area contributed by atoms with Crippen LogP contribution in [0.2, 0.25) is 0 Å². The van der Waals surface area contributed by atoms with E-state index in [1.54, 1.807) is 19.2 Å². The van der Waals surface area contributed by atoms with Crippen LogP contribution >= 0.6 is 23.7 Å². The number of carbonyl (C=O) groups is 7. The van der Waals surface area contributed by atoms with E-state index in [-0.39, 0.29) is 42.3 Å². The van der Waals surface area contributed by atoms with E-state index < -0.39 is 184 Å². The van der Waals surface area contributed by atoms with Crippen molar-refractivity contribution >= 4 is 70.7 Å². The topological polar surface area (TPSA) is 479 Å². The van der Waals surface area contributed by atoms with E-state index in [0.717, 1.165) is 112 Å². The molecule has 1 saturated carbocycles. The molecule has 106 heavy (non-hydrogen) atoms. The average molecular weight is 1530 g/mol. The SMILES string of the molecule is COCCCCCCOC1CCC(N2CCN(c3ccc(-c4nnc(-c5ccc(C(=O)N[C@H]6C[C@@H](O)CNC(=O)[C@@H]7[C@@H](O)[C@@H](C)CN7C(=O)[C@H]([C@H](O)CCNC(CO)CO)NC(=O)[C@H]([C@H](O)Cc7ccc(O)c(OSOOO)c7)NC(=O)[C@@H]7C[C@@H](O)CN7C(=O)[C@H]([C@@H](C)O)NC6=O)cc5)s4)cc3)CC2)CC1. The Hall–Kier alpha value is -7.34. The van der Waals surface area contributed by atoms with Crippen LogP contribution in [0.4, 0.5) is 5.69 Å². The minimum absolute atomic E-state index is 0.0181. The van der Waals surface area contributed by atoms with Gasteiger partial charge in [-0.25, -0.2) is 5.26 Å². The molecule has 4 aliphatic heterocycles. The number of nitrogens with one attached hydrogen (secondary N) is 6. The number of phenolic OH excluding ortho intramolecular Hbond substituents is 1. The number of benzene rings is 3. The molecule has 0 unspecified atom stereocenters. The molecule has 584 valence electrons. The number of aliphatic hydroxyl groups is 8. The molecule has 5 fully saturated rings. The van der Waals surface area contributed by atoms with Gasteiger partial charge in [0.15, 0.2) is 11.5 Å². The minimum Gasteiger partial charge on any atom is -0.504 e. The number of aromatic nitrogens is 2. The van der Waals surface area contributed by atoms with Crippen LogP contribution in [0.3, 0.4) is 0 Å². The molecule has 1 aromatic heterocycles. The zero-order chi connectivity index (χ0) is 76.1. The van der Waals surface area contributed by atoms with Gasteiger partial charge >= 0.3 is 0 Å². The maximum Gasteiger partial charge on any atom is 0.261 e. The summed E-state index contributed by atoms with van der Waals surface area (Å²) in [5.41, 5.74) is 2.69. The number of hydrogen-bond donors (Lipinski definition) is 16. The normalized spacial score (nSPS) is 26.4. The van der Waals surface area contributed by atoms with Crippen molar-refractivity contribution in [2.24, 2.45) is 5.92 Å². The second-order valence-corrected chi connectivity index (χ2v) is 29.1. The fourth-order valence-corrected chi connectivity index (χ4v) is 15.1. The number of phenols is 1. The van der Waals surface area contributed by atoms with Gasteiger partial charge in [-0.3, -0.25) is 38.5 Å². The Morgan fingerprint density at radius 3 is 2.02 bits per heavy atom. The lowest BCUT2D eigenvalue weighted by atomic mass is 9.91. The largest absolute Gasteiger partial charge is 0.504 e. The maximum absolute atomic E-state index is 15.0. The molecule has 36 heteroatoms. The maximum atomic E-state index is 15.0. The van der Waals surface area contributed by atoms with E-state index in [1.807, 2.05) is 12.1 Å². The zero-order valence-corrected chi connectivity index (χ0v) is 61.1. The van der Waals surface area contributed by atoms with Crippen molar-refractivity contribution in [2.75, 3.05) is 90.8 Å². The summed E-state index contributed by atoms with van der Waals surface area (Å²) in [4.78, 5) is 109. The summed E-state index contributed by atoms with van der Waals surface area (Å²) in [6, 6.07) is 6.17. The highest BCUT2D eigenvalue weighted by molar-refractivity contribution is 7.90. The highest BCUT2D eigenvalue weighted by atomic mass is 32.2. The molecule has 5 aliphatic rings. The van der Waals surface area contributed by atoms with E-state index in [0.29, 0.717) is 27.7 Å². The number of piperazine rings is 1. The monoisotopic (exact) mass is 1520 g/mol. The molecule has 16 N–H and O–H groups in total. The first-order valence-corrected chi connectivity index (χ1v) is 37.4. The van der Waals surface area contributed by atoms with Gasteiger partial charge in [0.2, 0.25) is 35.4 Å². The van der Waals surface area contributed by atoms with Crippen molar-refractivity contribution in [1.82, 2.24) is 56.8 Å². The van der Waals surface area contributed by atoms with Gasteiger partial charge in [0.1, 0.15) is 46.3 Å². The number of hydrogen-bond acceptors (Lipinski definition) is 29. The molecule has 0 radical (unpaired) electrons. The van der Waals surface area contributed by atoms with Gasteiger partial charge in [0.05, 0.1) is 62.0 Å². The Morgan fingerprint density at radius 2 is 1.37 bits per heavy atom. The van der Waals surface area contributed by atoms with Crippen LogP contribution in [0.25, 0.3) is 21.1 Å². The van der Waals surface area contributed by atoms with Gasteiger partial charge in [0, 0.05) is 120 Å². The lowest BCUT2D eigenvalue weighted by Gasteiger charge is -2.42. The minimum atomic E-state index is -2.16. The van der Waals surface area contributed by atoms with E-state index in [1.165, 1.54) is 55.4 Å².